The number of nitrogens with zero attached hydrogens (tertiary/aromatic N) is 3. The summed E-state index contributed by atoms with van der Waals surface area (Å²) in [6.45, 7) is 4.10. The second-order valence-corrected chi connectivity index (χ2v) is 8.55. The van der Waals surface area contributed by atoms with Crippen molar-refractivity contribution in [1.82, 2.24) is 20.2 Å². The van der Waals surface area contributed by atoms with Gasteiger partial charge in [-0.05, 0) is 37.1 Å². The van der Waals surface area contributed by atoms with E-state index in [0.29, 0.717) is 16.9 Å². The van der Waals surface area contributed by atoms with E-state index >= 15 is 0 Å². The van der Waals surface area contributed by atoms with Crippen LogP contribution in [0.2, 0.25) is 0 Å². The van der Waals surface area contributed by atoms with Crippen molar-refractivity contribution in [1.29, 1.82) is 0 Å². The van der Waals surface area contributed by atoms with Crippen molar-refractivity contribution in [2.45, 2.75) is 56.0 Å². The molecule has 24 heavy (non-hydrogen) atoms. The molecule has 1 saturated carbocycles. The lowest BCUT2D eigenvalue weighted by molar-refractivity contribution is -0.121. The van der Waals surface area contributed by atoms with Gasteiger partial charge in [0, 0.05) is 6.04 Å². The van der Waals surface area contributed by atoms with Gasteiger partial charge in [0.15, 0.2) is 5.82 Å². The number of thiophene rings is 1. The van der Waals surface area contributed by atoms with Crippen molar-refractivity contribution in [2.75, 3.05) is 5.84 Å². The van der Waals surface area contributed by atoms with Gasteiger partial charge in [-0.15, -0.1) is 21.5 Å². The number of nitrogen functional groups attached to an aromatic ring is 1. The minimum atomic E-state index is -0.262. The summed E-state index contributed by atoms with van der Waals surface area (Å²) in [7, 11) is 0. The van der Waals surface area contributed by atoms with Crippen LogP contribution in [0, 0.1) is 5.92 Å². The molecule has 0 bridgehead atoms. The Balaban J connectivity index is 1.62. The molecular weight excluding hydrogens is 342 g/mol. The van der Waals surface area contributed by atoms with Crippen LogP contribution in [0.5, 0.6) is 0 Å². The molecule has 1 fully saturated rings. The van der Waals surface area contributed by atoms with Crippen LogP contribution >= 0.6 is 23.1 Å². The highest BCUT2D eigenvalue weighted by Gasteiger charge is 2.26. The number of hydrogen-bond acceptors (Lipinski definition) is 6. The summed E-state index contributed by atoms with van der Waals surface area (Å²) in [5.74, 6) is 7.31. The van der Waals surface area contributed by atoms with Gasteiger partial charge in [-0.3, -0.25) is 4.79 Å². The topological polar surface area (TPSA) is 85.8 Å². The molecule has 0 spiro atoms. The lowest BCUT2D eigenvalue weighted by Crippen LogP contribution is -2.44. The Labute approximate surface area is 150 Å². The Hall–Kier alpha value is -1.54. The van der Waals surface area contributed by atoms with E-state index in [2.05, 4.69) is 22.4 Å². The van der Waals surface area contributed by atoms with Crippen LogP contribution in [0.1, 0.15) is 39.5 Å². The Morgan fingerprint density at radius 1 is 1.46 bits per heavy atom. The number of amides is 1. The number of carbonyl (C=O) groups excluding carboxylic acids is 1. The highest BCUT2D eigenvalue weighted by Crippen LogP contribution is 2.28. The molecule has 0 aromatic carbocycles. The van der Waals surface area contributed by atoms with Crippen molar-refractivity contribution in [3.8, 4) is 10.7 Å². The summed E-state index contributed by atoms with van der Waals surface area (Å²) in [6.07, 6.45) is 4.71. The molecule has 2 aromatic rings. The molecule has 6 nitrogen and oxygen atoms in total. The number of hydrogen-bond donors (Lipinski definition) is 2. The minimum absolute atomic E-state index is 0.0411. The Kier molecular flexibility index (Phi) is 5.45. The van der Waals surface area contributed by atoms with Gasteiger partial charge < -0.3 is 11.2 Å². The number of nitrogens with one attached hydrogen (secondary N) is 1. The van der Waals surface area contributed by atoms with Crippen LogP contribution in [0.15, 0.2) is 22.7 Å². The normalized spacial score (nSPS) is 22.2. The van der Waals surface area contributed by atoms with E-state index in [-0.39, 0.29) is 17.2 Å². The molecular formula is C16H23N5OS2. The molecule has 0 aliphatic heterocycles. The number of aromatic nitrogens is 3. The fraction of sp³-hybridized carbons (Fsp3) is 0.562. The van der Waals surface area contributed by atoms with Gasteiger partial charge in [-0.1, -0.05) is 37.6 Å². The van der Waals surface area contributed by atoms with E-state index in [4.69, 9.17) is 5.84 Å². The molecule has 1 aliphatic rings. The Bertz CT molecular complexity index is 685. The molecule has 3 N–H and O–H groups in total. The third-order valence-electron chi connectivity index (χ3n) is 4.50. The second-order valence-electron chi connectivity index (χ2n) is 6.29. The first-order chi connectivity index (χ1) is 11.6. The summed E-state index contributed by atoms with van der Waals surface area (Å²) < 4.78 is 1.46. The molecule has 130 valence electrons. The molecule has 3 atom stereocenters. The highest BCUT2D eigenvalue weighted by molar-refractivity contribution is 8.00. The molecule has 2 heterocycles. The summed E-state index contributed by atoms with van der Waals surface area (Å²) in [4.78, 5) is 13.4. The van der Waals surface area contributed by atoms with Crippen LogP contribution in [-0.4, -0.2) is 32.1 Å². The molecule has 0 saturated heterocycles. The van der Waals surface area contributed by atoms with Crippen molar-refractivity contribution >= 4 is 29.0 Å². The molecule has 2 aromatic heterocycles. The second kappa shape index (κ2) is 7.57. The zero-order valence-electron chi connectivity index (χ0n) is 13.9. The average molecular weight is 366 g/mol. The van der Waals surface area contributed by atoms with Crippen molar-refractivity contribution in [2.24, 2.45) is 5.92 Å². The Morgan fingerprint density at radius 3 is 2.96 bits per heavy atom. The van der Waals surface area contributed by atoms with Crippen molar-refractivity contribution < 1.29 is 4.79 Å². The average Bonchev–Trinajstić information content (AvgIpc) is 3.20. The highest BCUT2D eigenvalue weighted by atomic mass is 32.2. The summed E-state index contributed by atoms with van der Waals surface area (Å²) in [5, 5.41) is 13.7. The lowest BCUT2D eigenvalue weighted by Gasteiger charge is -2.30. The summed E-state index contributed by atoms with van der Waals surface area (Å²) >= 11 is 2.90. The summed E-state index contributed by atoms with van der Waals surface area (Å²) in [6, 6.07) is 4.18. The van der Waals surface area contributed by atoms with Crippen LogP contribution in [0.3, 0.4) is 0 Å². The summed E-state index contributed by atoms with van der Waals surface area (Å²) in [5.41, 5.74) is 0. The van der Waals surface area contributed by atoms with Gasteiger partial charge in [-0.2, -0.15) is 0 Å². The van der Waals surface area contributed by atoms with Gasteiger partial charge in [-0.25, -0.2) is 4.68 Å². The van der Waals surface area contributed by atoms with E-state index in [1.54, 1.807) is 11.3 Å². The monoisotopic (exact) mass is 365 g/mol. The van der Waals surface area contributed by atoms with E-state index in [0.717, 1.165) is 11.3 Å². The van der Waals surface area contributed by atoms with Crippen LogP contribution in [0.25, 0.3) is 10.7 Å². The standard InChI is InChI=1S/C16H23N5OS2/c1-10-6-3-4-7-12(10)18-15(22)11(2)24-16-20-19-14(21(16)17)13-8-5-9-23-13/h5,8-12H,3-4,6-7,17H2,1-2H3,(H,18,22). The molecule has 0 radical (unpaired) electrons. The first-order valence-electron chi connectivity index (χ1n) is 8.27. The van der Waals surface area contributed by atoms with E-state index in [9.17, 15) is 4.79 Å². The largest absolute Gasteiger partial charge is 0.352 e. The maximum Gasteiger partial charge on any atom is 0.233 e. The first-order valence-corrected chi connectivity index (χ1v) is 10.0. The molecule has 1 amide bonds. The molecule has 3 rings (SSSR count). The van der Waals surface area contributed by atoms with Gasteiger partial charge >= 0.3 is 0 Å². The van der Waals surface area contributed by atoms with Crippen LogP contribution in [-0.2, 0) is 4.79 Å². The predicted octanol–water partition coefficient (Wildman–Crippen LogP) is 2.90. The number of carbonyl (C=O) groups is 1. The zero-order chi connectivity index (χ0) is 17.1. The SMILES string of the molecule is CC(Sc1nnc(-c2cccs2)n1N)C(=O)NC1CCCCC1C. The number of nitrogens with two attached hydrogens (primary N) is 1. The molecule has 3 unspecified atom stereocenters. The molecule has 8 heteroatoms. The maximum atomic E-state index is 12.5. The van der Waals surface area contributed by atoms with Crippen LogP contribution in [0.4, 0.5) is 0 Å². The van der Waals surface area contributed by atoms with Gasteiger partial charge in [0.25, 0.3) is 0 Å². The first kappa shape index (κ1) is 17.3. The smallest absolute Gasteiger partial charge is 0.233 e. The van der Waals surface area contributed by atoms with Crippen molar-refractivity contribution in [3.63, 3.8) is 0 Å². The van der Waals surface area contributed by atoms with E-state index < -0.39 is 0 Å². The number of thioether (sulfide) groups is 1. The fourth-order valence-electron chi connectivity index (χ4n) is 2.97. The molecule has 1 aliphatic carbocycles. The third kappa shape index (κ3) is 3.75. The Morgan fingerprint density at radius 2 is 2.25 bits per heavy atom. The maximum absolute atomic E-state index is 12.5. The number of rotatable bonds is 5. The fourth-order valence-corrected chi connectivity index (χ4v) is 4.46. The van der Waals surface area contributed by atoms with Gasteiger partial charge in [0.2, 0.25) is 11.1 Å². The van der Waals surface area contributed by atoms with E-state index in [1.807, 2.05) is 24.4 Å². The zero-order valence-corrected chi connectivity index (χ0v) is 15.6. The quantitative estimate of drug-likeness (QED) is 0.628. The predicted molar refractivity (Wildman–Crippen MR) is 98.4 cm³/mol. The lowest BCUT2D eigenvalue weighted by atomic mass is 9.86. The van der Waals surface area contributed by atoms with Crippen LogP contribution < -0.4 is 11.2 Å². The third-order valence-corrected chi connectivity index (χ3v) is 6.42. The van der Waals surface area contributed by atoms with Gasteiger partial charge in [0.1, 0.15) is 0 Å². The van der Waals surface area contributed by atoms with Gasteiger partial charge in [0.05, 0.1) is 10.1 Å². The van der Waals surface area contributed by atoms with Crippen molar-refractivity contribution in [3.05, 3.63) is 17.5 Å². The van der Waals surface area contributed by atoms with E-state index in [1.165, 1.54) is 35.7 Å². The minimum Gasteiger partial charge on any atom is -0.352 e.